The fourth-order valence-electron chi connectivity index (χ4n) is 0.655. The summed E-state index contributed by atoms with van der Waals surface area (Å²) in [5.74, 6) is 2.99. The van der Waals surface area contributed by atoms with Crippen molar-refractivity contribution in [3.63, 3.8) is 0 Å². The summed E-state index contributed by atoms with van der Waals surface area (Å²) in [5, 5.41) is 9.10. The minimum atomic E-state index is -1.27. The quantitative estimate of drug-likeness (QED) is 0.333. The van der Waals surface area contributed by atoms with E-state index in [0.29, 0.717) is 18.8 Å². The van der Waals surface area contributed by atoms with Gasteiger partial charge < -0.3 is 9.84 Å². The van der Waals surface area contributed by atoms with Crippen LogP contribution in [0.2, 0.25) is 19.6 Å². The number of aliphatic hydroxyl groups is 1. The minimum Gasteiger partial charge on any atom is -0.389 e. The molecule has 0 aromatic heterocycles. The summed E-state index contributed by atoms with van der Waals surface area (Å²) < 4.78 is 5.24. The molecular weight excluding hydrogens is 192 g/mol. The summed E-state index contributed by atoms with van der Waals surface area (Å²) in [6.07, 6.45) is -0.500. The van der Waals surface area contributed by atoms with E-state index in [1.54, 1.807) is 6.92 Å². The highest BCUT2D eigenvalue weighted by Crippen LogP contribution is 1.98. The van der Waals surface area contributed by atoms with Gasteiger partial charge in [-0.25, -0.2) is 0 Å². The lowest BCUT2D eigenvalue weighted by molar-refractivity contribution is 0.156. The third kappa shape index (κ3) is 8.05. The fraction of sp³-hybridized carbons (Fsp3) is 0.636. The molecule has 0 bridgehead atoms. The lowest BCUT2D eigenvalue weighted by Gasteiger charge is -2.07. The monoisotopic (exact) mass is 212 g/mol. The Morgan fingerprint density at radius 1 is 1.50 bits per heavy atom. The second kappa shape index (κ2) is 6.02. The normalized spacial score (nSPS) is 12.9. The Hall–Kier alpha value is -0.563. The molecule has 0 aliphatic heterocycles. The van der Waals surface area contributed by atoms with Gasteiger partial charge in [0.15, 0.2) is 0 Å². The molecule has 14 heavy (non-hydrogen) atoms. The second-order valence-electron chi connectivity index (χ2n) is 4.38. The number of rotatable bonds is 4. The fourth-order valence-corrected chi connectivity index (χ4v) is 1.26. The van der Waals surface area contributed by atoms with E-state index in [0.717, 1.165) is 0 Å². The Morgan fingerprint density at radius 2 is 2.07 bits per heavy atom. The highest BCUT2D eigenvalue weighted by Gasteiger charge is 2.07. The lowest BCUT2D eigenvalue weighted by atomic mass is 10.2. The zero-order chi connectivity index (χ0) is 11.2. The maximum atomic E-state index is 9.10. The van der Waals surface area contributed by atoms with E-state index < -0.39 is 14.2 Å². The molecule has 0 spiro atoms. The zero-order valence-corrected chi connectivity index (χ0v) is 10.6. The van der Waals surface area contributed by atoms with E-state index in [1.165, 1.54) is 0 Å². The van der Waals surface area contributed by atoms with Gasteiger partial charge in [-0.2, -0.15) is 0 Å². The van der Waals surface area contributed by atoms with E-state index in [-0.39, 0.29) is 0 Å². The molecule has 0 aromatic carbocycles. The molecule has 1 N–H and O–H groups in total. The van der Waals surface area contributed by atoms with E-state index in [1.807, 2.05) is 0 Å². The summed E-state index contributed by atoms with van der Waals surface area (Å²) >= 11 is 0. The first-order valence-electron chi connectivity index (χ1n) is 4.76. The molecule has 0 radical (unpaired) electrons. The van der Waals surface area contributed by atoms with Crippen molar-refractivity contribution in [3.8, 4) is 11.5 Å². The largest absolute Gasteiger partial charge is 0.389 e. The van der Waals surface area contributed by atoms with Gasteiger partial charge in [0.2, 0.25) is 0 Å². The van der Waals surface area contributed by atoms with Crippen LogP contribution in [0, 0.1) is 11.5 Å². The molecule has 0 aromatic rings. The first-order chi connectivity index (χ1) is 6.33. The first kappa shape index (κ1) is 13.4. The SMILES string of the molecule is C=C(COCC#C[Si](C)(C)C)[C@@H](C)O. The lowest BCUT2D eigenvalue weighted by Crippen LogP contribution is -2.17. The van der Waals surface area contributed by atoms with Crippen LogP contribution < -0.4 is 0 Å². The van der Waals surface area contributed by atoms with Crippen molar-refractivity contribution in [2.75, 3.05) is 13.2 Å². The van der Waals surface area contributed by atoms with Crippen LogP contribution in [-0.4, -0.2) is 32.5 Å². The summed E-state index contributed by atoms with van der Waals surface area (Å²) in [7, 11) is -1.27. The number of aliphatic hydroxyl groups excluding tert-OH is 1. The van der Waals surface area contributed by atoms with Gasteiger partial charge in [0.05, 0.1) is 12.7 Å². The van der Waals surface area contributed by atoms with Crippen LogP contribution >= 0.6 is 0 Å². The van der Waals surface area contributed by atoms with Crippen molar-refractivity contribution in [1.29, 1.82) is 0 Å². The molecule has 2 nitrogen and oxygen atoms in total. The molecule has 3 heteroatoms. The number of hydrogen-bond acceptors (Lipinski definition) is 2. The van der Waals surface area contributed by atoms with Crippen LogP contribution in [0.5, 0.6) is 0 Å². The van der Waals surface area contributed by atoms with Gasteiger partial charge in [-0.05, 0) is 12.5 Å². The molecule has 0 unspecified atom stereocenters. The maximum absolute atomic E-state index is 9.10. The first-order valence-corrected chi connectivity index (χ1v) is 8.26. The van der Waals surface area contributed by atoms with Crippen LogP contribution in [0.25, 0.3) is 0 Å². The van der Waals surface area contributed by atoms with Gasteiger partial charge in [0.25, 0.3) is 0 Å². The van der Waals surface area contributed by atoms with Crippen molar-refractivity contribution in [3.05, 3.63) is 12.2 Å². The maximum Gasteiger partial charge on any atom is 0.129 e. The zero-order valence-electron chi connectivity index (χ0n) is 9.55. The molecule has 0 aliphatic carbocycles. The number of hydrogen-bond donors (Lipinski definition) is 1. The van der Waals surface area contributed by atoms with Crippen molar-refractivity contribution in [1.82, 2.24) is 0 Å². The Morgan fingerprint density at radius 3 is 2.50 bits per heavy atom. The van der Waals surface area contributed by atoms with Crippen LogP contribution in [0.1, 0.15) is 6.92 Å². The smallest absolute Gasteiger partial charge is 0.129 e. The van der Waals surface area contributed by atoms with E-state index >= 15 is 0 Å². The number of ether oxygens (including phenoxy) is 1. The van der Waals surface area contributed by atoms with Crippen LogP contribution in [-0.2, 0) is 4.74 Å². The molecule has 0 rings (SSSR count). The molecule has 80 valence electrons. The average Bonchev–Trinajstić information content (AvgIpc) is 2.01. The van der Waals surface area contributed by atoms with Gasteiger partial charge in [-0.15, -0.1) is 5.54 Å². The second-order valence-corrected chi connectivity index (χ2v) is 9.13. The van der Waals surface area contributed by atoms with Crippen molar-refractivity contribution in [2.24, 2.45) is 0 Å². The predicted molar refractivity (Wildman–Crippen MR) is 62.8 cm³/mol. The highest BCUT2D eigenvalue weighted by atomic mass is 28.3. The molecule has 0 saturated carbocycles. The van der Waals surface area contributed by atoms with E-state index in [9.17, 15) is 0 Å². The summed E-state index contributed by atoms with van der Waals surface area (Å²) in [5.41, 5.74) is 3.89. The van der Waals surface area contributed by atoms with Gasteiger partial charge in [0, 0.05) is 0 Å². The van der Waals surface area contributed by atoms with Crippen molar-refractivity contribution < 1.29 is 9.84 Å². The Kier molecular flexibility index (Phi) is 5.78. The summed E-state index contributed by atoms with van der Waals surface area (Å²) in [6, 6.07) is 0. The van der Waals surface area contributed by atoms with Gasteiger partial charge in [-0.1, -0.05) is 32.1 Å². The third-order valence-electron chi connectivity index (χ3n) is 1.52. The predicted octanol–water partition coefficient (Wildman–Crippen LogP) is 1.82. The van der Waals surface area contributed by atoms with Crippen LogP contribution in [0.15, 0.2) is 12.2 Å². The molecule has 0 fully saturated rings. The van der Waals surface area contributed by atoms with Crippen LogP contribution in [0.4, 0.5) is 0 Å². The standard InChI is InChI=1S/C11H20O2Si/c1-10(11(2)12)9-13-7-6-8-14(3,4)5/h11-12H,1,7,9H2,2-5H3/t11-/m1/s1. The summed E-state index contributed by atoms with van der Waals surface area (Å²) in [4.78, 5) is 0. The van der Waals surface area contributed by atoms with Gasteiger partial charge >= 0.3 is 0 Å². The molecular formula is C11H20O2Si. The van der Waals surface area contributed by atoms with Crippen molar-refractivity contribution in [2.45, 2.75) is 32.7 Å². The summed E-state index contributed by atoms with van der Waals surface area (Å²) in [6.45, 7) is 12.7. The Balaban J connectivity index is 3.65. The van der Waals surface area contributed by atoms with Gasteiger partial charge in [-0.3, -0.25) is 0 Å². The minimum absolute atomic E-state index is 0.387. The Labute approximate surface area is 88.0 Å². The van der Waals surface area contributed by atoms with E-state index in [2.05, 4.69) is 37.7 Å². The van der Waals surface area contributed by atoms with E-state index in [4.69, 9.17) is 9.84 Å². The van der Waals surface area contributed by atoms with Crippen LogP contribution in [0.3, 0.4) is 0 Å². The Bertz CT molecular complexity index is 240. The highest BCUT2D eigenvalue weighted by molar-refractivity contribution is 6.83. The average molecular weight is 212 g/mol. The van der Waals surface area contributed by atoms with Crippen molar-refractivity contribution >= 4 is 8.07 Å². The molecule has 0 heterocycles. The molecule has 0 aliphatic rings. The molecule has 0 amide bonds. The third-order valence-corrected chi connectivity index (χ3v) is 2.44. The topological polar surface area (TPSA) is 29.5 Å². The molecule has 0 saturated heterocycles. The van der Waals surface area contributed by atoms with Gasteiger partial charge in [0.1, 0.15) is 14.7 Å². The molecule has 1 atom stereocenters.